The molecule has 0 fully saturated rings. The van der Waals surface area contributed by atoms with Crippen LogP contribution >= 0.6 is 35.0 Å². The number of nitrogens with zero attached hydrogens (tertiary/aromatic N) is 3. The highest BCUT2D eigenvalue weighted by Gasteiger charge is 2.31. The number of nitrogens with one attached hydrogen (secondary N) is 1. The summed E-state index contributed by atoms with van der Waals surface area (Å²) in [5.41, 5.74) is 0.0720. The van der Waals surface area contributed by atoms with Crippen LogP contribution in [0.2, 0.25) is 10.0 Å². The highest BCUT2D eigenvalue weighted by molar-refractivity contribution is 7.98. The molecule has 0 amide bonds. The van der Waals surface area contributed by atoms with Crippen LogP contribution in [0.5, 0.6) is 0 Å². The lowest BCUT2D eigenvalue weighted by Crippen LogP contribution is -2.25. The van der Waals surface area contributed by atoms with E-state index in [1.165, 1.54) is 28.5 Å². The molecule has 0 saturated carbocycles. The fraction of sp³-hybridized carbons (Fsp3) is 0.130. The first kappa shape index (κ1) is 27.4. The van der Waals surface area contributed by atoms with E-state index in [9.17, 15) is 26.0 Å². The number of rotatable bonds is 8. The Balaban J connectivity index is 1.64. The summed E-state index contributed by atoms with van der Waals surface area (Å²) in [4.78, 5) is -0.555. The van der Waals surface area contributed by atoms with Gasteiger partial charge in [-0.1, -0.05) is 53.2 Å². The van der Waals surface area contributed by atoms with Gasteiger partial charge >= 0.3 is 6.18 Å². The lowest BCUT2D eigenvalue weighted by atomic mass is 10.2. The molecule has 0 atom stereocenters. The molecule has 3 aromatic carbocycles. The van der Waals surface area contributed by atoms with Crippen molar-refractivity contribution in [2.45, 2.75) is 28.5 Å². The summed E-state index contributed by atoms with van der Waals surface area (Å²) in [5.74, 6) is 0.117. The Kier molecular flexibility index (Phi) is 8.14. The summed E-state index contributed by atoms with van der Waals surface area (Å²) < 4.78 is 81.7. The minimum Gasteiger partial charge on any atom is -0.271 e. The predicted octanol–water partition coefficient (Wildman–Crippen LogP) is 6.50. The molecule has 0 aliphatic rings. The van der Waals surface area contributed by atoms with Crippen molar-refractivity contribution in [3.63, 3.8) is 0 Å². The third-order valence-corrected chi connectivity index (χ3v) is 7.98. The van der Waals surface area contributed by atoms with Crippen LogP contribution in [0, 0.1) is 5.82 Å². The van der Waals surface area contributed by atoms with E-state index in [2.05, 4.69) is 14.9 Å². The second-order valence-electron chi connectivity index (χ2n) is 7.60. The second kappa shape index (κ2) is 11.0. The summed E-state index contributed by atoms with van der Waals surface area (Å²) in [6, 6.07) is 13.9. The van der Waals surface area contributed by atoms with Crippen LogP contribution in [0.1, 0.15) is 17.0 Å². The third kappa shape index (κ3) is 6.63. The molecule has 0 unspecified atom stereocenters. The fourth-order valence-corrected chi connectivity index (χ4v) is 5.53. The van der Waals surface area contributed by atoms with Gasteiger partial charge < -0.3 is 0 Å². The van der Waals surface area contributed by atoms with Gasteiger partial charge in [0.05, 0.1) is 27.7 Å². The number of hydrogen-bond acceptors (Lipinski definition) is 5. The van der Waals surface area contributed by atoms with Crippen molar-refractivity contribution in [3.05, 3.63) is 99.5 Å². The van der Waals surface area contributed by atoms with Crippen molar-refractivity contribution >= 4 is 45.0 Å². The zero-order valence-electron chi connectivity index (χ0n) is 18.5. The quantitative estimate of drug-likeness (QED) is 0.187. The van der Waals surface area contributed by atoms with E-state index in [0.717, 1.165) is 23.8 Å². The molecule has 0 spiro atoms. The number of thioether (sulfide) groups is 1. The summed E-state index contributed by atoms with van der Waals surface area (Å²) in [6.45, 7) is -0.411. The van der Waals surface area contributed by atoms with Crippen molar-refractivity contribution < 1.29 is 26.0 Å². The molecule has 0 aliphatic carbocycles. The van der Waals surface area contributed by atoms with E-state index in [4.69, 9.17) is 23.2 Å². The maximum Gasteiger partial charge on any atom is 0.416 e. The van der Waals surface area contributed by atoms with Gasteiger partial charge in [0, 0.05) is 10.8 Å². The van der Waals surface area contributed by atoms with Gasteiger partial charge in [0.1, 0.15) is 5.82 Å². The second-order valence-corrected chi connectivity index (χ2v) is 11.1. The largest absolute Gasteiger partial charge is 0.416 e. The standard InChI is InChI=1S/C23H16Cl2F4N4O2S2/c24-16-6-9-19(25)20(11-16)33-21(31-32-22(33)36-13-14-4-7-17(26)8-5-14)12-30-37(34,35)18-3-1-2-15(10-18)23(27,28)29/h1-11,30H,12-13H2. The highest BCUT2D eigenvalue weighted by atomic mass is 35.5. The van der Waals surface area contributed by atoms with Crippen molar-refractivity contribution in [1.29, 1.82) is 0 Å². The van der Waals surface area contributed by atoms with Crippen molar-refractivity contribution in [1.82, 2.24) is 19.5 Å². The van der Waals surface area contributed by atoms with Gasteiger partial charge in [-0.05, 0) is 54.1 Å². The van der Waals surface area contributed by atoms with Gasteiger partial charge in [-0.2, -0.15) is 13.2 Å². The topological polar surface area (TPSA) is 76.9 Å². The molecule has 6 nitrogen and oxygen atoms in total. The average Bonchev–Trinajstić information content (AvgIpc) is 3.26. The fourth-order valence-electron chi connectivity index (χ4n) is 3.22. The first-order valence-electron chi connectivity index (χ1n) is 10.4. The Morgan fingerprint density at radius 1 is 0.973 bits per heavy atom. The molecule has 0 radical (unpaired) electrons. The van der Waals surface area contributed by atoms with Gasteiger partial charge in [-0.15, -0.1) is 10.2 Å². The summed E-state index contributed by atoms with van der Waals surface area (Å²) in [7, 11) is -4.34. The number of aromatic nitrogens is 3. The van der Waals surface area contributed by atoms with E-state index in [1.807, 2.05) is 0 Å². The average molecular weight is 591 g/mol. The normalized spacial score (nSPS) is 12.2. The van der Waals surface area contributed by atoms with Crippen LogP contribution in [0.25, 0.3) is 5.69 Å². The molecule has 0 bridgehead atoms. The molecule has 194 valence electrons. The van der Waals surface area contributed by atoms with E-state index in [0.29, 0.717) is 27.7 Å². The molecule has 4 aromatic rings. The van der Waals surface area contributed by atoms with Gasteiger partial charge in [0.2, 0.25) is 10.0 Å². The van der Waals surface area contributed by atoms with Gasteiger partial charge in [-0.3, -0.25) is 4.57 Å². The lowest BCUT2D eigenvalue weighted by Gasteiger charge is -2.14. The zero-order valence-corrected chi connectivity index (χ0v) is 21.7. The third-order valence-electron chi connectivity index (χ3n) is 5.02. The molecule has 0 saturated heterocycles. The van der Waals surface area contributed by atoms with Crippen molar-refractivity contribution in [2.24, 2.45) is 0 Å². The Morgan fingerprint density at radius 2 is 1.70 bits per heavy atom. The number of halogens is 6. The maximum absolute atomic E-state index is 13.2. The Hall–Kier alpha value is -2.64. The molecule has 1 N–H and O–H groups in total. The van der Waals surface area contributed by atoms with E-state index >= 15 is 0 Å². The van der Waals surface area contributed by atoms with E-state index in [-0.39, 0.29) is 16.7 Å². The minimum absolute atomic E-state index is 0.112. The molecule has 1 heterocycles. The molecule has 14 heteroatoms. The first-order valence-corrected chi connectivity index (χ1v) is 13.6. The summed E-state index contributed by atoms with van der Waals surface area (Å²) >= 11 is 13.8. The van der Waals surface area contributed by atoms with Crippen molar-refractivity contribution in [2.75, 3.05) is 0 Å². The Morgan fingerprint density at radius 3 is 2.41 bits per heavy atom. The van der Waals surface area contributed by atoms with Crippen molar-refractivity contribution in [3.8, 4) is 5.69 Å². The summed E-state index contributed by atoms with van der Waals surface area (Å²) in [5, 5.41) is 9.15. The highest BCUT2D eigenvalue weighted by Crippen LogP contribution is 2.32. The zero-order chi connectivity index (χ0) is 26.8. The molecular formula is C23H16Cl2F4N4O2S2. The maximum atomic E-state index is 13.2. The van der Waals surface area contributed by atoms with Crippen LogP contribution < -0.4 is 4.72 Å². The van der Waals surface area contributed by atoms with E-state index < -0.39 is 33.2 Å². The van der Waals surface area contributed by atoms with Gasteiger partial charge in [0.25, 0.3) is 0 Å². The molecule has 4 rings (SSSR count). The molecular weight excluding hydrogens is 575 g/mol. The van der Waals surface area contributed by atoms with Crippen LogP contribution in [0.3, 0.4) is 0 Å². The number of benzene rings is 3. The van der Waals surface area contributed by atoms with Gasteiger partial charge in [-0.25, -0.2) is 17.5 Å². The smallest absolute Gasteiger partial charge is 0.271 e. The lowest BCUT2D eigenvalue weighted by molar-refractivity contribution is -0.137. The van der Waals surface area contributed by atoms with Gasteiger partial charge in [0.15, 0.2) is 11.0 Å². The number of hydrogen-bond donors (Lipinski definition) is 1. The SMILES string of the molecule is O=S(=O)(NCc1nnc(SCc2ccc(F)cc2)n1-c1cc(Cl)ccc1Cl)c1cccc(C(F)(F)F)c1. The predicted molar refractivity (Wildman–Crippen MR) is 133 cm³/mol. The molecule has 0 aliphatic heterocycles. The first-order chi connectivity index (χ1) is 17.4. The molecule has 1 aromatic heterocycles. The van der Waals surface area contributed by atoms with Crippen LogP contribution in [-0.4, -0.2) is 23.2 Å². The van der Waals surface area contributed by atoms with Crippen LogP contribution in [0.15, 0.2) is 76.8 Å². The monoisotopic (exact) mass is 590 g/mol. The van der Waals surface area contributed by atoms with Crippen LogP contribution in [-0.2, 0) is 28.5 Å². The Labute approximate surface area is 223 Å². The number of sulfonamides is 1. The Bertz CT molecular complexity index is 1530. The summed E-state index contributed by atoms with van der Waals surface area (Å²) in [6.07, 6.45) is -4.70. The molecule has 37 heavy (non-hydrogen) atoms. The van der Waals surface area contributed by atoms with Crippen LogP contribution in [0.4, 0.5) is 17.6 Å². The minimum atomic E-state index is -4.70. The van der Waals surface area contributed by atoms with E-state index in [1.54, 1.807) is 30.3 Å². The number of alkyl halides is 3.